The summed E-state index contributed by atoms with van der Waals surface area (Å²) in [6.07, 6.45) is 4.20. The first-order valence-electron chi connectivity index (χ1n) is 6.32. The molecule has 1 unspecified atom stereocenters. The topological polar surface area (TPSA) is 69.8 Å². The Morgan fingerprint density at radius 1 is 1.47 bits per heavy atom. The molecule has 19 heavy (non-hydrogen) atoms. The summed E-state index contributed by atoms with van der Waals surface area (Å²) >= 11 is 0. The van der Waals surface area contributed by atoms with Gasteiger partial charge in [-0.3, -0.25) is 0 Å². The first-order valence-corrected chi connectivity index (χ1v) is 6.32. The van der Waals surface area contributed by atoms with E-state index in [1.807, 2.05) is 38.1 Å². The predicted molar refractivity (Wildman–Crippen MR) is 75.0 cm³/mol. The third-order valence-corrected chi connectivity index (χ3v) is 2.84. The maximum atomic E-state index is 11.9. The van der Waals surface area contributed by atoms with Gasteiger partial charge in [0.25, 0.3) is 0 Å². The number of hydrogen-bond donors (Lipinski definition) is 3. The Hall–Kier alpha value is -2.30. The number of imidazole rings is 1. The van der Waals surface area contributed by atoms with E-state index >= 15 is 0 Å². The van der Waals surface area contributed by atoms with Crippen LogP contribution in [0, 0.1) is 6.92 Å². The number of amides is 2. The van der Waals surface area contributed by atoms with Gasteiger partial charge in [0.2, 0.25) is 0 Å². The minimum absolute atomic E-state index is 0.111. The van der Waals surface area contributed by atoms with Crippen LogP contribution in [0.4, 0.5) is 10.5 Å². The van der Waals surface area contributed by atoms with Gasteiger partial charge in [-0.2, -0.15) is 0 Å². The number of hydrogen-bond acceptors (Lipinski definition) is 2. The summed E-state index contributed by atoms with van der Waals surface area (Å²) in [6.45, 7) is 3.99. The number of H-pyrrole nitrogens is 1. The van der Waals surface area contributed by atoms with Crippen molar-refractivity contribution in [3.63, 3.8) is 0 Å². The highest BCUT2D eigenvalue weighted by Crippen LogP contribution is 2.13. The fourth-order valence-corrected chi connectivity index (χ4v) is 1.88. The van der Waals surface area contributed by atoms with Crippen LogP contribution in [0.15, 0.2) is 36.7 Å². The first kappa shape index (κ1) is 13.1. The summed E-state index contributed by atoms with van der Waals surface area (Å²) in [4.78, 5) is 19.1. The van der Waals surface area contributed by atoms with Gasteiger partial charge >= 0.3 is 6.03 Å². The second-order valence-corrected chi connectivity index (χ2v) is 4.40. The molecule has 0 aliphatic rings. The minimum Gasteiger partial charge on any atom is -0.347 e. The maximum absolute atomic E-state index is 11.9. The van der Waals surface area contributed by atoms with Crippen LogP contribution in [-0.4, -0.2) is 16.0 Å². The Bertz CT molecular complexity index is 536. The van der Waals surface area contributed by atoms with Crippen molar-refractivity contribution in [3.05, 3.63) is 48.0 Å². The van der Waals surface area contributed by atoms with Gasteiger partial charge in [-0.05, 0) is 31.0 Å². The van der Waals surface area contributed by atoms with Crippen LogP contribution in [-0.2, 0) is 0 Å². The number of urea groups is 1. The van der Waals surface area contributed by atoms with Crippen LogP contribution in [0.2, 0.25) is 0 Å². The molecule has 0 bridgehead atoms. The highest BCUT2D eigenvalue weighted by molar-refractivity contribution is 5.89. The van der Waals surface area contributed by atoms with Crippen LogP contribution < -0.4 is 10.6 Å². The summed E-state index contributed by atoms with van der Waals surface area (Å²) < 4.78 is 0. The molecule has 0 spiro atoms. The lowest BCUT2D eigenvalue weighted by Crippen LogP contribution is -2.32. The highest BCUT2D eigenvalue weighted by Gasteiger charge is 2.14. The number of carbonyl (C=O) groups is 1. The van der Waals surface area contributed by atoms with Gasteiger partial charge in [0, 0.05) is 18.1 Å². The van der Waals surface area contributed by atoms with Crippen LogP contribution in [0.3, 0.4) is 0 Å². The van der Waals surface area contributed by atoms with Crippen LogP contribution >= 0.6 is 0 Å². The Morgan fingerprint density at radius 3 is 2.95 bits per heavy atom. The normalized spacial score (nSPS) is 11.9. The molecule has 3 N–H and O–H groups in total. The summed E-state index contributed by atoms with van der Waals surface area (Å²) in [7, 11) is 0. The molecular weight excluding hydrogens is 240 g/mol. The van der Waals surface area contributed by atoms with Crippen molar-refractivity contribution in [2.24, 2.45) is 0 Å². The molecule has 0 saturated heterocycles. The molecule has 100 valence electrons. The van der Waals surface area contributed by atoms with E-state index in [-0.39, 0.29) is 12.1 Å². The summed E-state index contributed by atoms with van der Waals surface area (Å²) in [5, 5.41) is 5.71. The van der Waals surface area contributed by atoms with E-state index in [1.54, 1.807) is 12.4 Å². The molecule has 2 amide bonds. The molecule has 0 saturated carbocycles. The van der Waals surface area contributed by atoms with Gasteiger partial charge < -0.3 is 15.6 Å². The van der Waals surface area contributed by atoms with Gasteiger partial charge in [0.1, 0.15) is 5.82 Å². The van der Waals surface area contributed by atoms with E-state index in [1.165, 1.54) is 0 Å². The van der Waals surface area contributed by atoms with E-state index in [4.69, 9.17) is 0 Å². The number of carbonyl (C=O) groups excluding carboxylic acids is 1. The fraction of sp³-hybridized carbons (Fsp3) is 0.286. The van der Waals surface area contributed by atoms with Crippen molar-refractivity contribution in [3.8, 4) is 0 Å². The number of anilines is 1. The molecule has 0 radical (unpaired) electrons. The molecule has 0 aliphatic heterocycles. The minimum atomic E-state index is -0.228. The molecule has 0 fully saturated rings. The lowest BCUT2D eigenvalue weighted by atomic mass is 10.2. The van der Waals surface area contributed by atoms with Crippen molar-refractivity contribution < 1.29 is 4.79 Å². The third kappa shape index (κ3) is 3.58. The van der Waals surface area contributed by atoms with Crippen molar-refractivity contribution in [2.75, 3.05) is 5.32 Å². The average molecular weight is 258 g/mol. The molecule has 1 heterocycles. The van der Waals surface area contributed by atoms with E-state index in [9.17, 15) is 4.79 Å². The molecule has 2 aromatic rings. The van der Waals surface area contributed by atoms with E-state index in [2.05, 4.69) is 20.6 Å². The van der Waals surface area contributed by atoms with Crippen LogP contribution in [0.5, 0.6) is 0 Å². The standard InChI is InChI=1S/C14H18N4O/c1-3-12(13-15-7-8-16-13)18-14(19)17-11-6-4-5-10(2)9-11/h4-9,12H,3H2,1-2H3,(H,15,16)(H2,17,18,19). The lowest BCUT2D eigenvalue weighted by molar-refractivity contribution is 0.247. The fourth-order valence-electron chi connectivity index (χ4n) is 1.88. The van der Waals surface area contributed by atoms with Crippen molar-refractivity contribution in [1.29, 1.82) is 0 Å². The number of aromatic amines is 1. The molecule has 1 atom stereocenters. The zero-order valence-electron chi connectivity index (χ0n) is 11.1. The first-order chi connectivity index (χ1) is 9.19. The number of benzene rings is 1. The highest BCUT2D eigenvalue weighted by atomic mass is 16.2. The lowest BCUT2D eigenvalue weighted by Gasteiger charge is -2.15. The largest absolute Gasteiger partial charge is 0.347 e. The molecular formula is C14H18N4O. The number of aryl methyl sites for hydroxylation is 1. The smallest absolute Gasteiger partial charge is 0.319 e. The van der Waals surface area contributed by atoms with Crippen LogP contribution in [0.25, 0.3) is 0 Å². The summed E-state index contributed by atoms with van der Waals surface area (Å²) in [6, 6.07) is 7.34. The van der Waals surface area contributed by atoms with Gasteiger partial charge in [-0.25, -0.2) is 9.78 Å². The summed E-state index contributed by atoms with van der Waals surface area (Å²) in [5.41, 5.74) is 1.89. The average Bonchev–Trinajstić information content (AvgIpc) is 2.89. The Labute approximate surface area is 112 Å². The number of aromatic nitrogens is 2. The second kappa shape index (κ2) is 6.04. The third-order valence-electron chi connectivity index (χ3n) is 2.84. The second-order valence-electron chi connectivity index (χ2n) is 4.40. The van der Waals surface area contributed by atoms with Crippen molar-refractivity contribution in [2.45, 2.75) is 26.3 Å². The molecule has 1 aromatic heterocycles. The number of nitrogens with one attached hydrogen (secondary N) is 3. The van der Waals surface area contributed by atoms with Gasteiger partial charge in [-0.1, -0.05) is 19.1 Å². The van der Waals surface area contributed by atoms with E-state index in [0.717, 1.165) is 23.5 Å². The maximum Gasteiger partial charge on any atom is 0.319 e. The zero-order chi connectivity index (χ0) is 13.7. The van der Waals surface area contributed by atoms with Crippen molar-refractivity contribution in [1.82, 2.24) is 15.3 Å². The Kier molecular flexibility index (Phi) is 4.18. The predicted octanol–water partition coefficient (Wildman–Crippen LogP) is 2.99. The summed E-state index contributed by atoms with van der Waals surface area (Å²) in [5.74, 6) is 0.766. The molecule has 2 rings (SSSR count). The molecule has 5 nitrogen and oxygen atoms in total. The van der Waals surface area contributed by atoms with Crippen molar-refractivity contribution >= 4 is 11.7 Å². The number of rotatable bonds is 4. The molecule has 0 aliphatic carbocycles. The van der Waals surface area contributed by atoms with E-state index < -0.39 is 0 Å². The van der Waals surface area contributed by atoms with Crippen LogP contribution in [0.1, 0.15) is 30.8 Å². The molecule has 1 aromatic carbocycles. The van der Waals surface area contributed by atoms with Gasteiger partial charge in [0.15, 0.2) is 0 Å². The quantitative estimate of drug-likeness (QED) is 0.789. The zero-order valence-corrected chi connectivity index (χ0v) is 11.1. The monoisotopic (exact) mass is 258 g/mol. The Morgan fingerprint density at radius 2 is 2.32 bits per heavy atom. The Balaban J connectivity index is 1.97. The SMILES string of the molecule is CCC(NC(=O)Nc1cccc(C)c1)c1ncc[nH]1. The number of nitrogens with zero attached hydrogens (tertiary/aromatic N) is 1. The van der Waals surface area contributed by atoms with E-state index in [0.29, 0.717) is 0 Å². The van der Waals surface area contributed by atoms with Gasteiger partial charge in [0.05, 0.1) is 6.04 Å². The molecule has 5 heteroatoms. The van der Waals surface area contributed by atoms with Gasteiger partial charge in [-0.15, -0.1) is 0 Å².